The summed E-state index contributed by atoms with van der Waals surface area (Å²) in [6, 6.07) is 8.51. The molecule has 1 heterocycles. The summed E-state index contributed by atoms with van der Waals surface area (Å²) in [6.07, 6.45) is 1.91. The van der Waals surface area contributed by atoms with Gasteiger partial charge in [0.2, 0.25) is 0 Å². The van der Waals surface area contributed by atoms with E-state index in [9.17, 15) is 31.9 Å². The normalized spacial score (nSPS) is 18.2. The average Bonchev–Trinajstić information content (AvgIpc) is 3.59. The van der Waals surface area contributed by atoms with E-state index in [0.717, 1.165) is 56.0 Å². The lowest BCUT2D eigenvalue weighted by molar-refractivity contribution is -0.192. The Balaban J connectivity index is 0.000000815. The number of rotatable bonds is 11. The van der Waals surface area contributed by atoms with Crippen LogP contribution < -0.4 is 21.3 Å². The molecule has 2 aliphatic rings. The van der Waals surface area contributed by atoms with Crippen LogP contribution in [0.4, 0.5) is 32.2 Å². The molecular formula is C37H41F6N3O7. The first kappa shape index (κ1) is 40.9. The number of aliphatic carboxylic acids is 1. The summed E-state index contributed by atoms with van der Waals surface area (Å²) in [5.41, 5.74) is 4.45. The summed E-state index contributed by atoms with van der Waals surface area (Å²) >= 11 is 0. The third-order valence-electron chi connectivity index (χ3n) is 8.93. The number of anilines is 1. The van der Waals surface area contributed by atoms with Crippen molar-refractivity contribution < 1.29 is 55.3 Å². The minimum Gasteiger partial charge on any atom is -0.490 e. The van der Waals surface area contributed by atoms with Gasteiger partial charge in [-0.1, -0.05) is 13.8 Å². The minimum absolute atomic E-state index is 0.00297. The fourth-order valence-electron chi connectivity index (χ4n) is 6.34. The number of esters is 1. The molecule has 0 unspecified atom stereocenters. The molecule has 2 aliphatic carbocycles. The Labute approximate surface area is 301 Å². The zero-order chi connectivity index (χ0) is 39.0. The van der Waals surface area contributed by atoms with Crippen LogP contribution >= 0.6 is 0 Å². The fraction of sp³-hybridized carbons (Fsp3) is 0.459. The van der Waals surface area contributed by atoms with Crippen molar-refractivity contribution in [3.63, 3.8) is 0 Å². The standard InChI is InChI=1S/C35H40F3N3O5.C2HF3O2/c1-20(2)17-30(35(44)46-24-5-3-4-6-24)40-23-11-13-25(14-12-23)45-26-18-28(37)32(29(38)19-26)41-31(42)16-15-27(34(41)39)33(43)21-7-9-22(36)10-8-21;3-2(4,5)1(6)7/h7-10,15-16,18-20,23-25,30,40H,3-6,11-14,17,39H2,1-2H3;(H,6,7)/t23?,25?,30-;/m0./s1. The number of aromatic nitrogens is 1. The summed E-state index contributed by atoms with van der Waals surface area (Å²) in [4.78, 5) is 47.6. The number of carboxylic acids is 1. The molecule has 0 saturated heterocycles. The first-order valence-corrected chi connectivity index (χ1v) is 17.2. The highest BCUT2D eigenvalue weighted by molar-refractivity contribution is 6.11. The van der Waals surface area contributed by atoms with Gasteiger partial charge in [-0.05, 0) is 94.0 Å². The molecule has 0 radical (unpaired) electrons. The number of ketones is 1. The number of benzene rings is 2. The third-order valence-corrected chi connectivity index (χ3v) is 8.93. The van der Waals surface area contributed by atoms with Crippen LogP contribution in [0.3, 0.4) is 0 Å². The van der Waals surface area contributed by atoms with Gasteiger partial charge in [0.15, 0.2) is 17.4 Å². The van der Waals surface area contributed by atoms with Gasteiger partial charge in [-0.25, -0.2) is 18.0 Å². The molecule has 0 spiro atoms. The summed E-state index contributed by atoms with van der Waals surface area (Å²) < 4.78 is 88.3. The van der Waals surface area contributed by atoms with Crippen molar-refractivity contribution in [2.45, 2.75) is 102 Å². The van der Waals surface area contributed by atoms with E-state index < -0.39 is 52.4 Å². The zero-order valence-corrected chi connectivity index (χ0v) is 29.1. The van der Waals surface area contributed by atoms with Crippen LogP contribution in [0.1, 0.15) is 87.6 Å². The second-order valence-electron chi connectivity index (χ2n) is 13.5. The second kappa shape index (κ2) is 17.8. The number of alkyl halides is 3. The van der Waals surface area contributed by atoms with Gasteiger partial charge in [-0.15, -0.1) is 0 Å². The van der Waals surface area contributed by atoms with E-state index in [0.29, 0.717) is 42.6 Å². The van der Waals surface area contributed by atoms with Gasteiger partial charge in [0, 0.05) is 29.8 Å². The van der Waals surface area contributed by atoms with Crippen molar-refractivity contribution in [2.24, 2.45) is 5.92 Å². The monoisotopic (exact) mass is 753 g/mol. The largest absolute Gasteiger partial charge is 0.490 e. The molecule has 288 valence electrons. The second-order valence-corrected chi connectivity index (χ2v) is 13.5. The van der Waals surface area contributed by atoms with Crippen molar-refractivity contribution in [1.82, 2.24) is 9.88 Å². The van der Waals surface area contributed by atoms with Gasteiger partial charge >= 0.3 is 18.1 Å². The number of carboxylic acid groups (broad SMARTS) is 1. The lowest BCUT2D eigenvalue weighted by atomic mass is 9.91. The number of halogens is 6. The molecule has 0 amide bonds. The predicted octanol–water partition coefficient (Wildman–Crippen LogP) is 6.88. The van der Waals surface area contributed by atoms with Crippen molar-refractivity contribution >= 4 is 23.5 Å². The number of carbonyl (C=O) groups excluding carboxylic acids is 2. The number of nitrogens with zero attached hydrogens (tertiary/aromatic N) is 1. The fourth-order valence-corrected chi connectivity index (χ4v) is 6.34. The van der Waals surface area contributed by atoms with Crippen LogP contribution in [0.2, 0.25) is 0 Å². The lowest BCUT2D eigenvalue weighted by Crippen LogP contribution is -2.47. The molecule has 53 heavy (non-hydrogen) atoms. The molecule has 2 fully saturated rings. The number of nitrogens with two attached hydrogens (primary N) is 1. The number of hydrogen-bond acceptors (Lipinski definition) is 8. The molecule has 0 aliphatic heterocycles. The van der Waals surface area contributed by atoms with Crippen molar-refractivity contribution in [3.8, 4) is 11.4 Å². The first-order chi connectivity index (χ1) is 24.9. The van der Waals surface area contributed by atoms with Gasteiger partial charge in [0.05, 0.1) is 11.7 Å². The molecule has 3 aromatic rings. The Kier molecular flexibility index (Phi) is 13.7. The van der Waals surface area contributed by atoms with Crippen molar-refractivity contribution in [2.75, 3.05) is 5.73 Å². The number of nitrogens with one attached hydrogen (secondary N) is 1. The zero-order valence-electron chi connectivity index (χ0n) is 29.1. The van der Waals surface area contributed by atoms with Gasteiger partial charge in [-0.3, -0.25) is 19.0 Å². The van der Waals surface area contributed by atoms with E-state index in [2.05, 4.69) is 19.2 Å². The van der Waals surface area contributed by atoms with Crippen molar-refractivity contribution in [3.05, 3.63) is 87.5 Å². The maximum Gasteiger partial charge on any atom is 0.490 e. The lowest BCUT2D eigenvalue weighted by Gasteiger charge is -2.32. The molecule has 4 N–H and O–H groups in total. The van der Waals surface area contributed by atoms with Crippen LogP contribution in [0, 0.1) is 23.4 Å². The average molecular weight is 754 g/mol. The first-order valence-electron chi connectivity index (χ1n) is 17.2. The molecular weight excluding hydrogens is 712 g/mol. The van der Waals surface area contributed by atoms with Crippen molar-refractivity contribution in [1.29, 1.82) is 0 Å². The van der Waals surface area contributed by atoms with E-state index in [4.69, 9.17) is 25.1 Å². The number of hydrogen-bond donors (Lipinski definition) is 3. The molecule has 0 bridgehead atoms. The van der Waals surface area contributed by atoms with Gasteiger partial charge < -0.3 is 25.6 Å². The third kappa shape index (κ3) is 11.1. The van der Waals surface area contributed by atoms with E-state index in [1.165, 1.54) is 18.2 Å². The minimum atomic E-state index is -5.08. The summed E-state index contributed by atoms with van der Waals surface area (Å²) in [7, 11) is 0. The van der Waals surface area contributed by atoms with E-state index in [1.54, 1.807) is 0 Å². The quantitative estimate of drug-likeness (QED) is 0.108. The highest BCUT2D eigenvalue weighted by Gasteiger charge is 2.38. The molecule has 10 nitrogen and oxygen atoms in total. The van der Waals surface area contributed by atoms with E-state index in [-0.39, 0.29) is 47.1 Å². The van der Waals surface area contributed by atoms with Gasteiger partial charge in [-0.2, -0.15) is 13.2 Å². The Morgan fingerprint density at radius 3 is 2.00 bits per heavy atom. The van der Waals surface area contributed by atoms with E-state index >= 15 is 8.78 Å². The number of carbonyl (C=O) groups is 3. The summed E-state index contributed by atoms with van der Waals surface area (Å²) in [5, 5.41) is 10.6. The molecule has 1 atom stereocenters. The smallest absolute Gasteiger partial charge is 0.490 e. The summed E-state index contributed by atoms with van der Waals surface area (Å²) in [5.74, 6) is -6.52. The van der Waals surface area contributed by atoms with Crippen LogP contribution in [0.25, 0.3) is 5.69 Å². The molecule has 5 rings (SSSR count). The topological polar surface area (TPSA) is 150 Å². The Hall–Kier alpha value is -4.86. The molecule has 2 aromatic carbocycles. The highest BCUT2D eigenvalue weighted by atomic mass is 19.4. The molecule has 2 saturated carbocycles. The van der Waals surface area contributed by atoms with Crippen LogP contribution in [-0.4, -0.2) is 57.9 Å². The molecule has 1 aromatic heterocycles. The number of ether oxygens (including phenoxy) is 2. The molecule has 16 heteroatoms. The van der Waals surface area contributed by atoms with E-state index in [1.807, 2.05) is 0 Å². The summed E-state index contributed by atoms with van der Waals surface area (Å²) in [6.45, 7) is 4.14. The Bertz CT molecular complexity index is 1790. The Morgan fingerprint density at radius 1 is 0.906 bits per heavy atom. The number of nitrogen functional groups attached to an aromatic ring is 1. The number of pyridine rings is 1. The predicted molar refractivity (Wildman–Crippen MR) is 181 cm³/mol. The van der Waals surface area contributed by atoms with Crippen LogP contribution in [-0.2, 0) is 14.3 Å². The Morgan fingerprint density at radius 2 is 1.47 bits per heavy atom. The van der Waals surface area contributed by atoms with Gasteiger partial charge in [0.25, 0.3) is 5.56 Å². The van der Waals surface area contributed by atoms with Gasteiger partial charge in [0.1, 0.15) is 35.2 Å². The van der Waals surface area contributed by atoms with Crippen LogP contribution in [0.5, 0.6) is 5.75 Å². The highest BCUT2D eigenvalue weighted by Crippen LogP contribution is 2.30. The van der Waals surface area contributed by atoms with Crippen LogP contribution in [0.15, 0.2) is 53.3 Å². The maximum atomic E-state index is 15.4. The SMILES string of the molecule is CC(C)C[C@H](NC1CCC(Oc2cc(F)c(-n3c(N)c(C(=O)c4ccc(F)cc4)ccc3=O)c(F)c2)CC1)C(=O)OC1CCCC1.O=C(O)C(F)(F)F. The maximum absolute atomic E-state index is 15.4.